The van der Waals surface area contributed by atoms with E-state index < -0.39 is 0 Å². The zero-order valence-electron chi connectivity index (χ0n) is 8.02. The van der Waals surface area contributed by atoms with Crippen molar-refractivity contribution >= 4 is 5.97 Å². The molecule has 1 aliphatic carbocycles. The van der Waals surface area contributed by atoms with Crippen LogP contribution >= 0.6 is 0 Å². The first-order valence-electron chi connectivity index (χ1n) is 4.32. The second-order valence-corrected chi connectivity index (χ2v) is 3.78. The number of carbonyl (C=O) groups excluding carboxylic acids is 1. The Morgan fingerprint density at radius 3 is 2.25 bits per heavy atom. The van der Waals surface area contributed by atoms with Crippen molar-refractivity contribution in [2.24, 2.45) is 11.3 Å². The van der Waals surface area contributed by atoms with Gasteiger partial charge >= 0.3 is 5.97 Å². The van der Waals surface area contributed by atoms with Crippen LogP contribution in [0, 0.1) is 11.3 Å². The summed E-state index contributed by atoms with van der Waals surface area (Å²) in [6.45, 7) is 8.06. The number of hydrogen-bond donors (Lipinski definition) is 0. The van der Waals surface area contributed by atoms with E-state index in [1.54, 1.807) is 0 Å². The molecule has 0 aromatic carbocycles. The van der Waals surface area contributed by atoms with E-state index in [0.717, 1.165) is 12.8 Å². The largest absolute Gasteiger partial charge is 0.466 e. The number of esters is 1. The summed E-state index contributed by atoms with van der Waals surface area (Å²) in [6, 6.07) is 0. The highest BCUT2D eigenvalue weighted by Gasteiger charge is 2.50. The Morgan fingerprint density at radius 2 is 2.00 bits per heavy atom. The number of ether oxygens (including phenoxy) is 1. The molecule has 12 heavy (non-hydrogen) atoms. The molecule has 0 bridgehead atoms. The smallest absolute Gasteiger partial charge is 0.333 e. The van der Waals surface area contributed by atoms with Crippen molar-refractivity contribution in [1.29, 1.82) is 0 Å². The van der Waals surface area contributed by atoms with Gasteiger partial charge < -0.3 is 4.74 Å². The van der Waals surface area contributed by atoms with Crippen molar-refractivity contribution in [2.75, 3.05) is 7.11 Å². The average Bonchev–Trinajstić information content (AvgIpc) is 2.81. The zero-order valence-corrected chi connectivity index (χ0v) is 8.02. The Hall–Kier alpha value is -0.790. The molecule has 0 aliphatic heterocycles. The monoisotopic (exact) mass is 168 g/mol. The van der Waals surface area contributed by atoms with Gasteiger partial charge in [-0.25, -0.2) is 4.79 Å². The fraction of sp³-hybridized carbons (Fsp3) is 0.700. The maximum Gasteiger partial charge on any atom is 0.333 e. The van der Waals surface area contributed by atoms with E-state index in [0.29, 0.717) is 11.5 Å². The van der Waals surface area contributed by atoms with E-state index in [9.17, 15) is 4.79 Å². The summed E-state index contributed by atoms with van der Waals surface area (Å²) in [7, 11) is 1.41. The van der Waals surface area contributed by atoms with Crippen LogP contribution in [-0.2, 0) is 9.53 Å². The molecule has 0 aromatic rings. The molecule has 0 heterocycles. The molecule has 0 saturated heterocycles. The van der Waals surface area contributed by atoms with Crippen LogP contribution in [0.2, 0.25) is 0 Å². The molecule has 0 N–H and O–H groups in total. The first kappa shape index (κ1) is 9.30. The molecule has 2 heteroatoms. The second-order valence-electron chi connectivity index (χ2n) is 3.78. The van der Waals surface area contributed by atoms with Gasteiger partial charge in [0.1, 0.15) is 0 Å². The van der Waals surface area contributed by atoms with Crippen LogP contribution in [0.1, 0.15) is 26.7 Å². The minimum Gasteiger partial charge on any atom is -0.466 e. The van der Waals surface area contributed by atoms with E-state index in [1.807, 2.05) is 0 Å². The summed E-state index contributed by atoms with van der Waals surface area (Å²) in [5, 5.41) is 0. The van der Waals surface area contributed by atoms with Gasteiger partial charge in [-0.2, -0.15) is 0 Å². The Labute approximate surface area is 73.6 Å². The van der Waals surface area contributed by atoms with Crippen molar-refractivity contribution in [2.45, 2.75) is 26.7 Å². The number of methoxy groups -OCH3 is 1. The third kappa shape index (κ3) is 1.26. The van der Waals surface area contributed by atoms with Gasteiger partial charge in [-0.1, -0.05) is 20.4 Å². The van der Waals surface area contributed by atoms with Crippen LogP contribution in [-0.4, -0.2) is 13.1 Å². The van der Waals surface area contributed by atoms with Crippen LogP contribution in [0.4, 0.5) is 0 Å². The van der Waals surface area contributed by atoms with Gasteiger partial charge in [-0.3, -0.25) is 0 Å². The normalized spacial score (nSPS) is 19.0. The summed E-state index contributed by atoms with van der Waals surface area (Å²) in [5.41, 5.74) is 0.715. The standard InChI is InChI=1S/C10H16O2/c1-7(2)10(5-6-10)8(3)9(11)12-4/h7H,3,5-6H2,1-2,4H3. The topological polar surface area (TPSA) is 26.3 Å². The molecule has 1 saturated carbocycles. The SMILES string of the molecule is C=C(C(=O)OC)C1(C(C)C)CC1. The molecule has 0 atom stereocenters. The van der Waals surface area contributed by atoms with Gasteiger partial charge in [0.25, 0.3) is 0 Å². The first-order chi connectivity index (χ1) is 5.54. The van der Waals surface area contributed by atoms with Gasteiger partial charge in [0.2, 0.25) is 0 Å². The molecule has 0 amide bonds. The maximum atomic E-state index is 11.2. The lowest BCUT2D eigenvalue weighted by atomic mass is 9.85. The predicted octanol–water partition coefficient (Wildman–Crippen LogP) is 2.15. The van der Waals surface area contributed by atoms with E-state index in [4.69, 9.17) is 0 Å². The van der Waals surface area contributed by atoms with Crippen molar-refractivity contribution in [1.82, 2.24) is 0 Å². The highest BCUT2D eigenvalue weighted by Crippen LogP contribution is 2.57. The first-order valence-corrected chi connectivity index (χ1v) is 4.32. The molecular formula is C10H16O2. The van der Waals surface area contributed by atoms with Gasteiger partial charge in [-0.05, 0) is 18.8 Å². The minimum atomic E-state index is -0.249. The number of rotatable bonds is 3. The Morgan fingerprint density at radius 1 is 1.50 bits per heavy atom. The maximum absolute atomic E-state index is 11.2. The van der Waals surface area contributed by atoms with E-state index in [1.165, 1.54) is 7.11 Å². The molecule has 0 radical (unpaired) electrons. The third-order valence-electron chi connectivity index (χ3n) is 2.93. The van der Waals surface area contributed by atoms with Gasteiger partial charge in [0.05, 0.1) is 7.11 Å². The highest BCUT2D eigenvalue weighted by atomic mass is 16.5. The lowest BCUT2D eigenvalue weighted by Crippen LogP contribution is -2.19. The molecule has 0 spiro atoms. The molecule has 1 fully saturated rings. The fourth-order valence-electron chi connectivity index (χ4n) is 1.69. The average molecular weight is 168 g/mol. The van der Waals surface area contributed by atoms with Crippen LogP contribution in [0.15, 0.2) is 12.2 Å². The van der Waals surface area contributed by atoms with Crippen LogP contribution in [0.5, 0.6) is 0 Å². The summed E-state index contributed by atoms with van der Waals surface area (Å²) >= 11 is 0. The molecule has 2 nitrogen and oxygen atoms in total. The van der Waals surface area contributed by atoms with Crippen molar-refractivity contribution in [3.05, 3.63) is 12.2 Å². The van der Waals surface area contributed by atoms with Crippen molar-refractivity contribution < 1.29 is 9.53 Å². The lowest BCUT2D eigenvalue weighted by Gasteiger charge is -2.20. The lowest BCUT2D eigenvalue weighted by molar-refractivity contribution is -0.137. The Kier molecular flexibility index (Phi) is 2.27. The molecular weight excluding hydrogens is 152 g/mol. The van der Waals surface area contributed by atoms with E-state index >= 15 is 0 Å². The van der Waals surface area contributed by atoms with Gasteiger partial charge in [0, 0.05) is 11.0 Å². The zero-order chi connectivity index (χ0) is 9.35. The predicted molar refractivity (Wildman–Crippen MR) is 47.7 cm³/mol. The summed E-state index contributed by atoms with van der Waals surface area (Å²) in [4.78, 5) is 11.2. The molecule has 0 aromatic heterocycles. The summed E-state index contributed by atoms with van der Waals surface area (Å²) in [5.74, 6) is 0.241. The van der Waals surface area contributed by atoms with Crippen molar-refractivity contribution in [3.8, 4) is 0 Å². The van der Waals surface area contributed by atoms with Gasteiger partial charge in [0.15, 0.2) is 0 Å². The fourth-order valence-corrected chi connectivity index (χ4v) is 1.69. The Balaban J connectivity index is 2.70. The van der Waals surface area contributed by atoms with Gasteiger partial charge in [-0.15, -0.1) is 0 Å². The number of hydrogen-bond acceptors (Lipinski definition) is 2. The second kappa shape index (κ2) is 2.92. The summed E-state index contributed by atoms with van der Waals surface area (Å²) < 4.78 is 4.65. The van der Waals surface area contributed by atoms with Crippen LogP contribution in [0.3, 0.4) is 0 Å². The Bertz CT molecular complexity index is 212. The van der Waals surface area contributed by atoms with E-state index in [-0.39, 0.29) is 11.4 Å². The van der Waals surface area contributed by atoms with Crippen LogP contribution in [0.25, 0.3) is 0 Å². The molecule has 1 rings (SSSR count). The molecule has 1 aliphatic rings. The molecule has 0 unspecified atom stereocenters. The highest BCUT2D eigenvalue weighted by molar-refractivity contribution is 5.90. The molecule has 68 valence electrons. The minimum absolute atomic E-state index is 0.0626. The van der Waals surface area contributed by atoms with Crippen LogP contribution < -0.4 is 0 Å². The summed E-state index contributed by atoms with van der Waals surface area (Å²) in [6.07, 6.45) is 2.16. The van der Waals surface area contributed by atoms with E-state index in [2.05, 4.69) is 25.2 Å². The third-order valence-corrected chi connectivity index (χ3v) is 2.93. The number of carbonyl (C=O) groups is 1. The van der Waals surface area contributed by atoms with Crippen molar-refractivity contribution in [3.63, 3.8) is 0 Å². The quantitative estimate of drug-likeness (QED) is 0.477.